The Morgan fingerprint density at radius 1 is 1.29 bits per heavy atom. The molecule has 1 aromatic rings. The summed E-state index contributed by atoms with van der Waals surface area (Å²) >= 11 is 4.66. The number of thiophene rings is 1. The highest BCUT2D eigenvalue weighted by Gasteiger charge is 2.13. The number of rotatable bonds is 8. The van der Waals surface area contributed by atoms with Gasteiger partial charge in [-0.1, -0.05) is 39.0 Å². The van der Waals surface area contributed by atoms with Gasteiger partial charge in [0.25, 0.3) is 0 Å². The second-order valence-electron chi connectivity index (χ2n) is 4.23. The minimum absolute atomic E-state index is 0.491. The fraction of sp³-hybridized carbons (Fsp3) is 0.615. The normalized spacial score (nSPS) is 10.7. The van der Waals surface area contributed by atoms with E-state index in [1.165, 1.54) is 43.4 Å². The Kier molecular flexibility index (Phi) is 6.82. The number of hydrogen-bond acceptors (Lipinski definition) is 2. The molecule has 0 bridgehead atoms. The van der Waals surface area contributed by atoms with E-state index in [1.54, 1.807) is 0 Å². The van der Waals surface area contributed by atoms with Gasteiger partial charge in [-0.2, -0.15) is 0 Å². The summed E-state index contributed by atoms with van der Waals surface area (Å²) in [6, 6.07) is 1.94. The molecule has 1 heterocycles. The Labute approximate surface area is 115 Å². The second-order valence-corrected chi connectivity index (χ2v) is 6.66. The number of carbonyl (C=O) groups is 1. The summed E-state index contributed by atoms with van der Waals surface area (Å²) < 4.78 is 0.913. The van der Waals surface area contributed by atoms with E-state index in [-0.39, 0.29) is 0 Å². The Bertz CT molecular complexity index is 360. The molecule has 0 aliphatic heterocycles. The molecule has 0 amide bonds. The van der Waals surface area contributed by atoms with Gasteiger partial charge in [0.1, 0.15) is 4.88 Å². The molecule has 0 aromatic carbocycles. The molecule has 0 atom stereocenters. The van der Waals surface area contributed by atoms with Crippen LogP contribution in [0.5, 0.6) is 0 Å². The van der Waals surface area contributed by atoms with Crippen LogP contribution >= 0.6 is 27.3 Å². The number of halogens is 1. The third-order valence-electron chi connectivity index (χ3n) is 2.77. The van der Waals surface area contributed by atoms with Crippen LogP contribution in [0.2, 0.25) is 0 Å². The van der Waals surface area contributed by atoms with E-state index in [2.05, 4.69) is 22.9 Å². The van der Waals surface area contributed by atoms with Crippen molar-refractivity contribution in [2.45, 2.75) is 51.9 Å². The van der Waals surface area contributed by atoms with Crippen molar-refractivity contribution in [2.24, 2.45) is 0 Å². The molecule has 2 nitrogen and oxygen atoms in total. The lowest BCUT2D eigenvalue weighted by molar-refractivity contribution is 0.0701. The highest BCUT2D eigenvalue weighted by atomic mass is 79.9. The van der Waals surface area contributed by atoms with E-state index in [0.717, 1.165) is 22.2 Å². The smallest absolute Gasteiger partial charge is 0.346 e. The first-order chi connectivity index (χ1) is 8.15. The lowest BCUT2D eigenvalue weighted by Gasteiger charge is -2.01. The zero-order valence-corrected chi connectivity index (χ0v) is 12.6. The molecular weight excluding hydrogens is 300 g/mol. The summed E-state index contributed by atoms with van der Waals surface area (Å²) in [5, 5.41) is 9.04. The Hall–Kier alpha value is -0.350. The van der Waals surface area contributed by atoms with E-state index in [0.29, 0.717) is 4.88 Å². The molecule has 17 heavy (non-hydrogen) atoms. The van der Waals surface area contributed by atoms with Crippen LogP contribution in [0.1, 0.15) is 60.7 Å². The Morgan fingerprint density at radius 2 is 1.94 bits per heavy atom. The molecule has 0 saturated carbocycles. The van der Waals surface area contributed by atoms with Crippen LogP contribution < -0.4 is 0 Å². The first kappa shape index (κ1) is 14.7. The topological polar surface area (TPSA) is 37.3 Å². The average Bonchev–Trinajstić information content (AvgIpc) is 2.65. The minimum Gasteiger partial charge on any atom is -0.477 e. The molecule has 0 aliphatic rings. The first-order valence-corrected chi connectivity index (χ1v) is 7.77. The van der Waals surface area contributed by atoms with Crippen LogP contribution in [-0.4, -0.2) is 11.1 Å². The number of unbranched alkanes of at least 4 members (excludes halogenated alkanes) is 5. The molecule has 0 saturated heterocycles. The van der Waals surface area contributed by atoms with E-state index in [9.17, 15) is 4.79 Å². The summed E-state index contributed by atoms with van der Waals surface area (Å²) in [6.45, 7) is 2.21. The molecular formula is C13H19BrO2S. The summed E-state index contributed by atoms with van der Waals surface area (Å²) in [7, 11) is 0. The predicted octanol–water partition coefficient (Wildman–Crippen LogP) is 5.11. The number of carboxylic acids is 1. The van der Waals surface area contributed by atoms with Gasteiger partial charge in [0.15, 0.2) is 0 Å². The summed E-state index contributed by atoms with van der Waals surface area (Å²) in [5.74, 6) is -0.804. The van der Waals surface area contributed by atoms with Crippen molar-refractivity contribution in [3.8, 4) is 0 Å². The minimum atomic E-state index is -0.804. The molecule has 0 radical (unpaired) electrons. The highest BCUT2D eigenvalue weighted by Crippen LogP contribution is 2.28. The van der Waals surface area contributed by atoms with Crippen molar-refractivity contribution >= 4 is 33.2 Å². The van der Waals surface area contributed by atoms with Crippen LogP contribution in [0.25, 0.3) is 0 Å². The zero-order valence-electron chi connectivity index (χ0n) is 10.2. The molecule has 1 N–H and O–H groups in total. The van der Waals surface area contributed by atoms with Gasteiger partial charge in [-0.3, -0.25) is 0 Å². The van der Waals surface area contributed by atoms with Crippen LogP contribution in [0.4, 0.5) is 0 Å². The van der Waals surface area contributed by atoms with Crippen LogP contribution in [0.15, 0.2) is 9.85 Å². The maximum Gasteiger partial charge on any atom is 0.346 e. The fourth-order valence-corrected chi connectivity index (χ4v) is 3.40. The third kappa shape index (κ3) is 5.21. The quantitative estimate of drug-likeness (QED) is 0.676. The Morgan fingerprint density at radius 3 is 2.59 bits per heavy atom. The zero-order chi connectivity index (χ0) is 12.7. The van der Waals surface area contributed by atoms with Crippen molar-refractivity contribution in [3.63, 3.8) is 0 Å². The van der Waals surface area contributed by atoms with Crippen molar-refractivity contribution in [2.75, 3.05) is 0 Å². The van der Waals surface area contributed by atoms with Gasteiger partial charge >= 0.3 is 5.97 Å². The molecule has 0 unspecified atom stereocenters. The molecule has 0 spiro atoms. The SMILES string of the molecule is CCCCCCCCc1cc(Br)sc1C(=O)O. The molecule has 0 fully saturated rings. The predicted molar refractivity (Wildman–Crippen MR) is 76.1 cm³/mol. The summed E-state index contributed by atoms with van der Waals surface area (Å²) in [5.41, 5.74) is 0.977. The van der Waals surface area contributed by atoms with Crippen LogP contribution in [0.3, 0.4) is 0 Å². The first-order valence-electron chi connectivity index (χ1n) is 6.16. The van der Waals surface area contributed by atoms with Crippen molar-refractivity contribution in [1.29, 1.82) is 0 Å². The van der Waals surface area contributed by atoms with E-state index in [1.807, 2.05) is 6.07 Å². The number of hydrogen-bond donors (Lipinski definition) is 1. The third-order valence-corrected chi connectivity index (χ3v) is 4.44. The summed E-state index contributed by atoms with van der Waals surface area (Å²) in [6.07, 6.45) is 8.32. The largest absolute Gasteiger partial charge is 0.477 e. The second kappa shape index (κ2) is 7.88. The molecule has 0 aliphatic carbocycles. The maximum atomic E-state index is 11.0. The molecule has 1 aromatic heterocycles. The number of carboxylic acid groups (broad SMARTS) is 1. The average molecular weight is 319 g/mol. The van der Waals surface area contributed by atoms with Gasteiger partial charge in [0.05, 0.1) is 3.79 Å². The van der Waals surface area contributed by atoms with Crippen LogP contribution in [0, 0.1) is 0 Å². The van der Waals surface area contributed by atoms with E-state index >= 15 is 0 Å². The van der Waals surface area contributed by atoms with Gasteiger partial charge < -0.3 is 5.11 Å². The van der Waals surface area contributed by atoms with Crippen molar-refractivity contribution < 1.29 is 9.90 Å². The Balaban J connectivity index is 2.33. The standard InChI is InChI=1S/C13H19BrO2S/c1-2-3-4-5-6-7-8-10-9-11(14)17-12(10)13(15)16/h9H,2-8H2,1H3,(H,15,16). The van der Waals surface area contributed by atoms with E-state index in [4.69, 9.17) is 5.11 Å². The van der Waals surface area contributed by atoms with Gasteiger partial charge in [0, 0.05) is 0 Å². The molecule has 4 heteroatoms. The highest BCUT2D eigenvalue weighted by molar-refractivity contribution is 9.11. The van der Waals surface area contributed by atoms with Gasteiger partial charge in [0.2, 0.25) is 0 Å². The molecule has 1 rings (SSSR count). The van der Waals surface area contributed by atoms with Gasteiger partial charge in [-0.05, 0) is 40.4 Å². The number of aryl methyl sites for hydroxylation is 1. The van der Waals surface area contributed by atoms with Crippen molar-refractivity contribution in [1.82, 2.24) is 0 Å². The monoisotopic (exact) mass is 318 g/mol. The lowest BCUT2D eigenvalue weighted by Crippen LogP contribution is -1.97. The van der Waals surface area contributed by atoms with Gasteiger partial charge in [-0.15, -0.1) is 11.3 Å². The van der Waals surface area contributed by atoms with Gasteiger partial charge in [-0.25, -0.2) is 4.79 Å². The summed E-state index contributed by atoms with van der Waals surface area (Å²) in [4.78, 5) is 11.5. The van der Waals surface area contributed by atoms with E-state index < -0.39 is 5.97 Å². The van der Waals surface area contributed by atoms with Crippen LogP contribution in [-0.2, 0) is 6.42 Å². The fourth-order valence-electron chi connectivity index (χ4n) is 1.86. The van der Waals surface area contributed by atoms with Crippen molar-refractivity contribution in [3.05, 3.63) is 20.3 Å². The lowest BCUT2D eigenvalue weighted by atomic mass is 10.1. The number of aromatic carboxylic acids is 1. The maximum absolute atomic E-state index is 11.0. The molecule has 96 valence electrons.